The number of carbonyl (C=O) groups is 1. The molecule has 0 aromatic rings. The quantitative estimate of drug-likeness (QED) is 0.698. The maximum atomic E-state index is 11.7. The summed E-state index contributed by atoms with van der Waals surface area (Å²) < 4.78 is 5.30. The van der Waals surface area contributed by atoms with Crippen LogP contribution in [0.3, 0.4) is 0 Å². The minimum absolute atomic E-state index is 0.143. The molecule has 1 atom stereocenters. The third-order valence-corrected chi connectivity index (χ3v) is 2.21. The first-order valence-corrected chi connectivity index (χ1v) is 5.11. The van der Waals surface area contributed by atoms with Gasteiger partial charge in [0.2, 0.25) is 0 Å². The lowest BCUT2D eigenvalue weighted by Gasteiger charge is -2.28. The summed E-state index contributed by atoms with van der Waals surface area (Å²) >= 11 is 0. The summed E-state index contributed by atoms with van der Waals surface area (Å²) in [5.74, 6) is 0. The molecule has 1 saturated heterocycles. The fourth-order valence-corrected chi connectivity index (χ4v) is 1.61. The van der Waals surface area contributed by atoms with Crippen LogP contribution in [-0.4, -0.2) is 36.4 Å². The number of amides is 1. The van der Waals surface area contributed by atoms with E-state index in [9.17, 15) is 4.79 Å². The van der Waals surface area contributed by atoms with Crippen molar-refractivity contribution in [2.75, 3.05) is 13.6 Å². The number of hydrogen-bond donors (Lipinski definition) is 1. The Morgan fingerprint density at radius 3 is 2.64 bits per heavy atom. The van der Waals surface area contributed by atoms with Gasteiger partial charge in [0.25, 0.3) is 0 Å². The molecule has 1 rings (SSSR count). The van der Waals surface area contributed by atoms with E-state index >= 15 is 0 Å². The average molecular weight is 200 g/mol. The summed E-state index contributed by atoms with van der Waals surface area (Å²) in [6.07, 6.45) is 1.99. The van der Waals surface area contributed by atoms with Gasteiger partial charge in [-0.15, -0.1) is 0 Å². The second-order valence-corrected chi connectivity index (χ2v) is 4.62. The third-order valence-electron chi connectivity index (χ3n) is 2.21. The summed E-state index contributed by atoms with van der Waals surface area (Å²) in [4.78, 5) is 13.4. The van der Waals surface area contributed by atoms with Crippen LogP contribution in [0.2, 0.25) is 0 Å². The van der Waals surface area contributed by atoms with E-state index in [4.69, 9.17) is 4.74 Å². The van der Waals surface area contributed by atoms with Crippen LogP contribution in [-0.2, 0) is 4.74 Å². The van der Waals surface area contributed by atoms with Crippen LogP contribution < -0.4 is 5.32 Å². The van der Waals surface area contributed by atoms with Crippen molar-refractivity contribution >= 4 is 6.09 Å². The molecule has 0 saturated carbocycles. The lowest BCUT2D eigenvalue weighted by atomic mass is 10.2. The number of nitrogens with one attached hydrogen (secondary N) is 1. The molecule has 0 bridgehead atoms. The summed E-state index contributed by atoms with van der Waals surface area (Å²) in [5.41, 5.74) is -0.405. The maximum absolute atomic E-state index is 11.7. The van der Waals surface area contributed by atoms with Gasteiger partial charge < -0.3 is 10.1 Å². The Morgan fingerprint density at radius 1 is 1.50 bits per heavy atom. The molecule has 1 fully saturated rings. The van der Waals surface area contributed by atoms with Crippen LogP contribution in [0.1, 0.15) is 33.6 Å². The first-order chi connectivity index (χ1) is 6.44. The van der Waals surface area contributed by atoms with Crippen molar-refractivity contribution < 1.29 is 9.53 Å². The second kappa shape index (κ2) is 4.17. The fraction of sp³-hybridized carbons (Fsp3) is 0.900. The van der Waals surface area contributed by atoms with Crippen molar-refractivity contribution in [3.8, 4) is 0 Å². The number of carbonyl (C=O) groups excluding carboxylic acids is 1. The first-order valence-electron chi connectivity index (χ1n) is 5.11. The topological polar surface area (TPSA) is 41.6 Å². The molecule has 1 aliphatic rings. The van der Waals surface area contributed by atoms with Gasteiger partial charge in [-0.25, -0.2) is 4.79 Å². The van der Waals surface area contributed by atoms with Gasteiger partial charge in [-0.3, -0.25) is 4.90 Å². The smallest absolute Gasteiger partial charge is 0.411 e. The molecule has 0 radical (unpaired) electrons. The first kappa shape index (κ1) is 11.3. The van der Waals surface area contributed by atoms with Crippen molar-refractivity contribution in [1.82, 2.24) is 10.2 Å². The molecule has 1 unspecified atom stereocenters. The maximum Gasteiger partial charge on any atom is 0.411 e. The van der Waals surface area contributed by atoms with Gasteiger partial charge in [0, 0.05) is 6.54 Å². The van der Waals surface area contributed by atoms with Gasteiger partial charge in [-0.05, 0) is 40.7 Å². The standard InChI is InChI=1S/C10H20N2O2/c1-10(2,3)14-9(13)12-7-5-6-8(12)11-4/h8,11H,5-7H2,1-4H3. The van der Waals surface area contributed by atoms with E-state index in [1.165, 1.54) is 0 Å². The predicted octanol–water partition coefficient (Wildman–Crippen LogP) is 1.56. The molecule has 0 aromatic heterocycles. The van der Waals surface area contributed by atoms with Gasteiger partial charge in [-0.2, -0.15) is 0 Å². The molecule has 14 heavy (non-hydrogen) atoms. The highest BCUT2D eigenvalue weighted by Crippen LogP contribution is 2.18. The number of nitrogens with zero attached hydrogens (tertiary/aromatic N) is 1. The van der Waals surface area contributed by atoms with E-state index in [0.29, 0.717) is 0 Å². The Morgan fingerprint density at radius 2 is 2.14 bits per heavy atom. The van der Waals surface area contributed by atoms with E-state index < -0.39 is 5.60 Å². The van der Waals surface area contributed by atoms with Crippen molar-refractivity contribution in [2.45, 2.75) is 45.4 Å². The lowest BCUT2D eigenvalue weighted by molar-refractivity contribution is 0.0206. The second-order valence-electron chi connectivity index (χ2n) is 4.62. The largest absolute Gasteiger partial charge is 0.444 e. The highest BCUT2D eigenvalue weighted by Gasteiger charge is 2.30. The van der Waals surface area contributed by atoms with Crippen LogP contribution in [0, 0.1) is 0 Å². The summed E-state index contributed by atoms with van der Waals surface area (Å²) in [6.45, 7) is 6.44. The highest BCUT2D eigenvalue weighted by atomic mass is 16.6. The number of rotatable bonds is 1. The van der Waals surface area contributed by atoms with E-state index in [1.54, 1.807) is 4.90 Å². The normalized spacial score (nSPS) is 22.6. The third kappa shape index (κ3) is 2.87. The Bertz CT molecular complexity index is 211. The van der Waals surface area contributed by atoms with Crippen molar-refractivity contribution in [3.63, 3.8) is 0 Å². The molecule has 1 aliphatic heterocycles. The molecule has 0 spiro atoms. The molecule has 0 aliphatic carbocycles. The van der Waals surface area contributed by atoms with Crippen molar-refractivity contribution in [2.24, 2.45) is 0 Å². The van der Waals surface area contributed by atoms with Gasteiger partial charge in [0.1, 0.15) is 5.60 Å². The zero-order chi connectivity index (χ0) is 10.8. The van der Waals surface area contributed by atoms with Crippen LogP contribution in [0.25, 0.3) is 0 Å². The Kier molecular flexibility index (Phi) is 3.37. The monoisotopic (exact) mass is 200 g/mol. The van der Waals surface area contributed by atoms with Crippen LogP contribution >= 0.6 is 0 Å². The van der Waals surface area contributed by atoms with E-state index in [-0.39, 0.29) is 12.3 Å². The molecular weight excluding hydrogens is 180 g/mol. The molecule has 1 N–H and O–H groups in total. The Hall–Kier alpha value is -0.770. The van der Waals surface area contributed by atoms with E-state index in [0.717, 1.165) is 19.4 Å². The van der Waals surface area contributed by atoms with E-state index in [2.05, 4.69) is 5.32 Å². The lowest BCUT2D eigenvalue weighted by Crippen LogP contribution is -2.45. The van der Waals surface area contributed by atoms with Gasteiger partial charge in [0.15, 0.2) is 0 Å². The van der Waals surface area contributed by atoms with Crippen LogP contribution in [0.4, 0.5) is 4.79 Å². The minimum atomic E-state index is -0.405. The van der Waals surface area contributed by atoms with Crippen molar-refractivity contribution in [3.05, 3.63) is 0 Å². The molecular formula is C10H20N2O2. The van der Waals surface area contributed by atoms with Gasteiger partial charge in [0.05, 0.1) is 6.17 Å². The minimum Gasteiger partial charge on any atom is -0.444 e. The SMILES string of the molecule is CNC1CCCN1C(=O)OC(C)(C)C. The summed E-state index contributed by atoms with van der Waals surface area (Å²) in [5, 5.41) is 3.11. The predicted molar refractivity (Wildman–Crippen MR) is 55.0 cm³/mol. The van der Waals surface area contributed by atoms with Gasteiger partial charge >= 0.3 is 6.09 Å². The zero-order valence-corrected chi connectivity index (χ0v) is 9.46. The Labute approximate surface area is 85.6 Å². The molecule has 82 valence electrons. The number of likely N-dealkylation sites (tertiary alicyclic amines) is 1. The highest BCUT2D eigenvalue weighted by molar-refractivity contribution is 5.68. The fourth-order valence-electron chi connectivity index (χ4n) is 1.61. The number of ether oxygens (including phenoxy) is 1. The number of hydrogen-bond acceptors (Lipinski definition) is 3. The van der Waals surface area contributed by atoms with Gasteiger partial charge in [-0.1, -0.05) is 0 Å². The molecule has 1 amide bonds. The zero-order valence-electron chi connectivity index (χ0n) is 9.46. The molecule has 0 aromatic carbocycles. The molecule has 1 heterocycles. The Balaban J connectivity index is 2.52. The summed E-state index contributed by atoms with van der Waals surface area (Å²) in [7, 11) is 1.87. The summed E-state index contributed by atoms with van der Waals surface area (Å²) in [6, 6.07) is 0. The van der Waals surface area contributed by atoms with Crippen LogP contribution in [0.5, 0.6) is 0 Å². The van der Waals surface area contributed by atoms with Crippen molar-refractivity contribution in [1.29, 1.82) is 0 Å². The molecule has 4 nitrogen and oxygen atoms in total. The average Bonchev–Trinajstić information content (AvgIpc) is 2.47. The van der Waals surface area contributed by atoms with E-state index in [1.807, 2.05) is 27.8 Å². The molecule has 4 heteroatoms. The van der Waals surface area contributed by atoms with Crippen LogP contribution in [0.15, 0.2) is 0 Å².